The first kappa shape index (κ1) is 15.4. The van der Waals surface area contributed by atoms with Crippen molar-refractivity contribution < 1.29 is 13.2 Å². The summed E-state index contributed by atoms with van der Waals surface area (Å²) >= 11 is 0. The second kappa shape index (κ2) is 6.02. The molecule has 1 unspecified atom stereocenters. The molecule has 1 aromatic carbocycles. The molecule has 0 spiro atoms. The lowest BCUT2D eigenvalue weighted by molar-refractivity contribution is 0.149. The maximum Gasteiger partial charge on any atom is 0.244 e. The Morgan fingerprint density at radius 1 is 1.53 bits per heavy atom. The van der Waals surface area contributed by atoms with Crippen LogP contribution in [0.1, 0.15) is 12.5 Å². The molecule has 0 saturated carbocycles. The molecule has 0 aliphatic rings. The molecule has 7 heteroatoms. The molecule has 0 aliphatic carbocycles. The van der Waals surface area contributed by atoms with E-state index in [-0.39, 0.29) is 23.1 Å². The first-order valence-electron chi connectivity index (χ1n) is 5.61. The number of hydrogen-bond acceptors (Lipinski definition) is 5. The lowest BCUT2D eigenvalue weighted by atomic mass is 10.2. The Morgan fingerprint density at radius 2 is 2.16 bits per heavy atom. The zero-order valence-corrected chi connectivity index (χ0v) is 11.9. The van der Waals surface area contributed by atoms with Gasteiger partial charge >= 0.3 is 0 Å². The van der Waals surface area contributed by atoms with Crippen LogP contribution in [-0.4, -0.2) is 39.5 Å². The Hall–Kier alpha value is -1.62. The van der Waals surface area contributed by atoms with Crippen LogP contribution in [0.4, 0.5) is 5.69 Å². The third-order valence-corrected chi connectivity index (χ3v) is 4.84. The fraction of sp³-hybridized carbons (Fsp3) is 0.417. The van der Waals surface area contributed by atoms with E-state index in [0.717, 1.165) is 0 Å². The number of nitrogens with two attached hydrogens (primary N) is 1. The molecular formula is C12H17N3O3S. The Kier molecular flexibility index (Phi) is 4.89. The van der Waals surface area contributed by atoms with Crippen LogP contribution in [0, 0.1) is 11.3 Å². The third kappa shape index (κ3) is 3.23. The van der Waals surface area contributed by atoms with Gasteiger partial charge in [-0.25, -0.2) is 8.42 Å². The topological polar surface area (TPSA) is 96.4 Å². The van der Waals surface area contributed by atoms with Crippen molar-refractivity contribution in [3.63, 3.8) is 0 Å². The molecule has 1 atom stereocenters. The average Bonchev–Trinajstić information content (AvgIpc) is 2.37. The van der Waals surface area contributed by atoms with Crippen molar-refractivity contribution in [1.82, 2.24) is 4.31 Å². The number of sulfonamides is 1. The van der Waals surface area contributed by atoms with Crippen LogP contribution < -0.4 is 5.73 Å². The van der Waals surface area contributed by atoms with Gasteiger partial charge in [0.2, 0.25) is 10.0 Å². The summed E-state index contributed by atoms with van der Waals surface area (Å²) in [6.07, 6.45) is 0. The second-order valence-electron chi connectivity index (χ2n) is 4.19. The smallest absolute Gasteiger partial charge is 0.244 e. The van der Waals surface area contributed by atoms with Gasteiger partial charge < -0.3 is 10.5 Å². The van der Waals surface area contributed by atoms with Crippen molar-refractivity contribution in [1.29, 1.82) is 5.26 Å². The molecule has 19 heavy (non-hydrogen) atoms. The van der Waals surface area contributed by atoms with Crippen molar-refractivity contribution in [2.24, 2.45) is 0 Å². The van der Waals surface area contributed by atoms with Crippen LogP contribution in [0.3, 0.4) is 0 Å². The number of nitrogen functional groups attached to an aromatic ring is 1. The normalized spacial score (nSPS) is 13.2. The van der Waals surface area contributed by atoms with E-state index in [1.165, 1.54) is 36.7 Å². The summed E-state index contributed by atoms with van der Waals surface area (Å²) in [6.45, 7) is 2.00. The minimum Gasteiger partial charge on any atom is -0.399 e. The number of hydrogen-bond donors (Lipinski definition) is 1. The summed E-state index contributed by atoms with van der Waals surface area (Å²) in [4.78, 5) is -0.0466. The molecule has 0 heterocycles. The summed E-state index contributed by atoms with van der Waals surface area (Å²) in [6, 6.07) is 5.67. The Bertz CT molecular complexity index is 593. The van der Waals surface area contributed by atoms with E-state index >= 15 is 0 Å². The zero-order valence-electron chi connectivity index (χ0n) is 11.1. The van der Waals surface area contributed by atoms with E-state index < -0.39 is 10.0 Å². The molecule has 2 N–H and O–H groups in total. The maximum atomic E-state index is 12.4. The predicted molar refractivity (Wildman–Crippen MR) is 71.9 cm³/mol. The van der Waals surface area contributed by atoms with E-state index in [2.05, 4.69) is 0 Å². The lowest BCUT2D eigenvalue weighted by Gasteiger charge is -2.24. The SMILES string of the molecule is COCC(C)N(C)S(=O)(=O)c1ccc(N)cc1C#N. The van der Waals surface area contributed by atoms with Crippen molar-refractivity contribution in [3.8, 4) is 6.07 Å². The summed E-state index contributed by atoms with van der Waals surface area (Å²) in [5, 5.41) is 9.02. The van der Waals surface area contributed by atoms with Crippen LogP contribution in [0.2, 0.25) is 0 Å². The summed E-state index contributed by atoms with van der Waals surface area (Å²) < 4.78 is 31.0. The van der Waals surface area contributed by atoms with Gasteiger partial charge in [-0.3, -0.25) is 0 Å². The molecule has 0 radical (unpaired) electrons. The fourth-order valence-electron chi connectivity index (χ4n) is 1.60. The molecule has 1 aromatic rings. The standard InChI is InChI=1S/C12H17N3O3S/c1-9(8-18-3)15(2)19(16,17)12-5-4-11(14)6-10(12)7-13/h4-6,9H,8,14H2,1-3H3. The highest BCUT2D eigenvalue weighted by Gasteiger charge is 2.27. The van der Waals surface area contributed by atoms with Gasteiger partial charge in [0, 0.05) is 25.9 Å². The maximum absolute atomic E-state index is 12.4. The number of anilines is 1. The highest BCUT2D eigenvalue weighted by Crippen LogP contribution is 2.22. The summed E-state index contributed by atoms with van der Waals surface area (Å²) in [7, 11) is -0.789. The highest BCUT2D eigenvalue weighted by atomic mass is 32.2. The number of nitrogens with zero attached hydrogens (tertiary/aromatic N) is 2. The molecular weight excluding hydrogens is 266 g/mol. The minimum absolute atomic E-state index is 0.0384. The number of ether oxygens (including phenoxy) is 1. The van der Waals surface area contributed by atoms with E-state index in [9.17, 15) is 8.42 Å². The third-order valence-electron chi connectivity index (χ3n) is 2.81. The van der Waals surface area contributed by atoms with Gasteiger partial charge in [-0.2, -0.15) is 9.57 Å². The van der Waals surface area contributed by atoms with Crippen LogP contribution in [0.25, 0.3) is 0 Å². The van der Waals surface area contributed by atoms with Gasteiger partial charge in [-0.1, -0.05) is 0 Å². The van der Waals surface area contributed by atoms with Gasteiger partial charge in [0.1, 0.15) is 11.0 Å². The Labute approximate surface area is 113 Å². The van der Waals surface area contributed by atoms with Crippen LogP contribution >= 0.6 is 0 Å². The molecule has 0 amide bonds. The molecule has 1 rings (SSSR count). The van der Waals surface area contributed by atoms with Gasteiger partial charge in [0.15, 0.2) is 0 Å². The van der Waals surface area contributed by atoms with E-state index in [0.29, 0.717) is 5.69 Å². The lowest BCUT2D eigenvalue weighted by Crippen LogP contribution is -2.38. The number of likely N-dealkylation sites (N-methyl/N-ethyl adjacent to an activating group) is 1. The Morgan fingerprint density at radius 3 is 2.68 bits per heavy atom. The molecule has 6 nitrogen and oxygen atoms in total. The summed E-state index contributed by atoms with van der Waals surface area (Å²) in [5.74, 6) is 0. The molecule has 104 valence electrons. The fourth-order valence-corrected chi connectivity index (χ4v) is 3.07. The number of methoxy groups -OCH3 is 1. The van der Waals surface area contributed by atoms with Gasteiger partial charge in [-0.15, -0.1) is 0 Å². The minimum atomic E-state index is -3.74. The Balaban J connectivity index is 3.25. The molecule has 0 aliphatic heterocycles. The quantitative estimate of drug-likeness (QED) is 0.806. The molecule has 0 fully saturated rings. The van der Waals surface area contributed by atoms with Crippen molar-refractivity contribution in [3.05, 3.63) is 23.8 Å². The number of benzene rings is 1. The first-order chi connectivity index (χ1) is 8.84. The van der Waals surface area contributed by atoms with Crippen molar-refractivity contribution in [2.45, 2.75) is 17.9 Å². The number of rotatable bonds is 5. The molecule has 0 saturated heterocycles. The average molecular weight is 283 g/mol. The summed E-state index contributed by atoms with van der Waals surface area (Å²) in [5.41, 5.74) is 5.94. The highest BCUT2D eigenvalue weighted by molar-refractivity contribution is 7.89. The number of nitriles is 1. The van der Waals surface area contributed by atoms with Crippen molar-refractivity contribution in [2.75, 3.05) is 26.5 Å². The molecule has 0 aromatic heterocycles. The van der Waals surface area contributed by atoms with Crippen LogP contribution in [-0.2, 0) is 14.8 Å². The van der Waals surface area contributed by atoms with Gasteiger partial charge in [-0.05, 0) is 25.1 Å². The van der Waals surface area contributed by atoms with E-state index in [1.807, 2.05) is 6.07 Å². The molecule has 0 bridgehead atoms. The predicted octanol–water partition coefficient (Wildman–Crippen LogP) is 0.796. The van der Waals surface area contributed by atoms with Crippen molar-refractivity contribution >= 4 is 15.7 Å². The van der Waals surface area contributed by atoms with Crippen LogP contribution in [0.15, 0.2) is 23.1 Å². The monoisotopic (exact) mass is 283 g/mol. The van der Waals surface area contributed by atoms with Gasteiger partial charge in [0.25, 0.3) is 0 Å². The van der Waals surface area contributed by atoms with Gasteiger partial charge in [0.05, 0.1) is 12.2 Å². The largest absolute Gasteiger partial charge is 0.399 e. The van der Waals surface area contributed by atoms with E-state index in [1.54, 1.807) is 6.92 Å². The van der Waals surface area contributed by atoms with E-state index in [4.69, 9.17) is 15.7 Å². The van der Waals surface area contributed by atoms with Crippen LogP contribution in [0.5, 0.6) is 0 Å². The zero-order chi connectivity index (χ0) is 14.6. The second-order valence-corrected chi connectivity index (χ2v) is 6.16. The first-order valence-corrected chi connectivity index (χ1v) is 7.05.